The number of nitrogens with zero attached hydrogens (tertiary/aromatic N) is 2. The lowest BCUT2D eigenvalue weighted by molar-refractivity contribution is 0.102. The highest BCUT2D eigenvalue weighted by molar-refractivity contribution is 6.05. The van der Waals surface area contributed by atoms with Crippen LogP contribution in [-0.4, -0.2) is 35.4 Å². The molecule has 1 fully saturated rings. The number of hydrogen-bond acceptors (Lipinski definition) is 4. The second kappa shape index (κ2) is 11.2. The van der Waals surface area contributed by atoms with Crippen molar-refractivity contribution < 1.29 is 4.79 Å². The van der Waals surface area contributed by atoms with E-state index in [9.17, 15) is 4.79 Å². The Morgan fingerprint density at radius 3 is 2.44 bits per heavy atom. The van der Waals surface area contributed by atoms with E-state index in [1.54, 1.807) is 6.20 Å². The number of likely N-dealkylation sites (tertiary alicyclic amines) is 1. The number of amides is 1. The van der Waals surface area contributed by atoms with Gasteiger partial charge < -0.3 is 15.5 Å². The second-order valence-corrected chi connectivity index (χ2v) is 9.40. The lowest BCUT2D eigenvalue weighted by Crippen LogP contribution is -2.21. The predicted molar refractivity (Wildman–Crippen MR) is 148 cm³/mol. The fourth-order valence-corrected chi connectivity index (χ4v) is 4.60. The minimum atomic E-state index is -0.131. The Kier molecular flexibility index (Phi) is 7.39. The lowest BCUT2D eigenvalue weighted by Gasteiger charge is -2.14. The minimum absolute atomic E-state index is 0.131. The van der Waals surface area contributed by atoms with Crippen molar-refractivity contribution in [2.75, 3.05) is 30.3 Å². The van der Waals surface area contributed by atoms with Gasteiger partial charge in [0, 0.05) is 29.7 Å². The fourth-order valence-electron chi connectivity index (χ4n) is 4.60. The molecule has 2 heterocycles. The first-order chi connectivity index (χ1) is 17.6. The summed E-state index contributed by atoms with van der Waals surface area (Å²) in [5.41, 5.74) is 6.82. The van der Waals surface area contributed by atoms with E-state index >= 15 is 0 Å². The first-order valence-electron chi connectivity index (χ1n) is 12.7. The molecule has 0 unspecified atom stereocenters. The summed E-state index contributed by atoms with van der Waals surface area (Å²) in [6, 6.07) is 28.1. The highest BCUT2D eigenvalue weighted by Crippen LogP contribution is 2.25. The Bertz CT molecular complexity index is 1310. The molecule has 2 N–H and O–H groups in total. The van der Waals surface area contributed by atoms with Crippen LogP contribution in [0.1, 0.15) is 34.3 Å². The SMILES string of the molecule is Cc1ccc(C(=O)Nc2ccc(CCN3CCCC3)cc2)cc1Nc1cc(-c2ccccc2)ccn1. The van der Waals surface area contributed by atoms with Gasteiger partial charge in [-0.25, -0.2) is 4.98 Å². The molecule has 1 aliphatic heterocycles. The van der Waals surface area contributed by atoms with E-state index in [1.165, 1.54) is 31.5 Å². The van der Waals surface area contributed by atoms with Gasteiger partial charge in [-0.15, -0.1) is 0 Å². The molecular formula is C31H32N4O. The largest absolute Gasteiger partial charge is 0.340 e. The van der Waals surface area contributed by atoms with Crippen LogP contribution in [0.15, 0.2) is 91.1 Å². The van der Waals surface area contributed by atoms with Gasteiger partial charge in [-0.2, -0.15) is 0 Å². The number of anilines is 3. The number of aromatic nitrogens is 1. The molecule has 0 bridgehead atoms. The van der Waals surface area contributed by atoms with E-state index in [4.69, 9.17) is 0 Å². The normalized spacial score (nSPS) is 13.5. The van der Waals surface area contributed by atoms with Crippen LogP contribution in [0, 0.1) is 6.92 Å². The molecule has 0 saturated carbocycles. The third-order valence-corrected chi connectivity index (χ3v) is 6.76. The molecule has 0 radical (unpaired) electrons. The lowest BCUT2D eigenvalue weighted by atomic mass is 10.1. The Labute approximate surface area is 213 Å². The maximum Gasteiger partial charge on any atom is 0.255 e. The van der Waals surface area contributed by atoms with E-state index in [1.807, 2.05) is 67.6 Å². The number of carbonyl (C=O) groups excluding carboxylic acids is 1. The van der Waals surface area contributed by atoms with Gasteiger partial charge >= 0.3 is 0 Å². The number of pyridine rings is 1. The highest BCUT2D eigenvalue weighted by Gasteiger charge is 2.12. The molecule has 0 atom stereocenters. The molecule has 1 aliphatic rings. The van der Waals surface area contributed by atoms with Crippen LogP contribution < -0.4 is 10.6 Å². The standard InChI is InChI=1S/C31H32N4O/c1-23-9-12-27(21-29(23)34-30-22-26(15-17-32-30)25-7-3-2-4-8-25)31(36)33-28-13-10-24(11-14-28)16-20-35-18-5-6-19-35/h2-4,7-15,17,21-22H,5-6,16,18-20H2,1H3,(H,32,34)(H,33,36). The first-order valence-corrected chi connectivity index (χ1v) is 12.7. The van der Waals surface area contributed by atoms with Crippen LogP contribution in [0.25, 0.3) is 11.1 Å². The average Bonchev–Trinajstić information content (AvgIpc) is 3.44. The Hall–Kier alpha value is -3.96. The van der Waals surface area contributed by atoms with Gasteiger partial charge in [0.1, 0.15) is 5.82 Å². The van der Waals surface area contributed by atoms with Crippen molar-refractivity contribution in [3.05, 3.63) is 108 Å². The highest BCUT2D eigenvalue weighted by atomic mass is 16.1. The second-order valence-electron chi connectivity index (χ2n) is 9.40. The van der Waals surface area contributed by atoms with E-state index in [0.29, 0.717) is 5.56 Å². The van der Waals surface area contributed by atoms with Crippen LogP contribution in [0.5, 0.6) is 0 Å². The van der Waals surface area contributed by atoms with Crippen molar-refractivity contribution in [2.24, 2.45) is 0 Å². The van der Waals surface area contributed by atoms with E-state index in [0.717, 1.165) is 46.8 Å². The van der Waals surface area contributed by atoms with Crippen molar-refractivity contribution in [2.45, 2.75) is 26.2 Å². The van der Waals surface area contributed by atoms with Gasteiger partial charge in [0.15, 0.2) is 0 Å². The van der Waals surface area contributed by atoms with E-state index in [-0.39, 0.29) is 5.91 Å². The molecule has 4 aromatic rings. The zero-order valence-electron chi connectivity index (χ0n) is 20.7. The van der Waals surface area contributed by atoms with Crippen LogP contribution in [-0.2, 0) is 6.42 Å². The number of rotatable bonds is 8. The van der Waals surface area contributed by atoms with Crippen molar-refractivity contribution >= 4 is 23.1 Å². The quantitative estimate of drug-likeness (QED) is 0.297. The molecule has 182 valence electrons. The van der Waals surface area contributed by atoms with Gasteiger partial charge in [-0.3, -0.25) is 4.79 Å². The molecule has 1 amide bonds. The predicted octanol–water partition coefficient (Wildman–Crippen LogP) is 6.69. The Morgan fingerprint density at radius 2 is 1.67 bits per heavy atom. The number of carbonyl (C=O) groups is 1. The van der Waals surface area contributed by atoms with Crippen LogP contribution in [0.4, 0.5) is 17.2 Å². The summed E-state index contributed by atoms with van der Waals surface area (Å²) >= 11 is 0. The summed E-state index contributed by atoms with van der Waals surface area (Å²) in [4.78, 5) is 20.0. The summed E-state index contributed by atoms with van der Waals surface area (Å²) in [7, 11) is 0. The molecule has 36 heavy (non-hydrogen) atoms. The van der Waals surface area contributed by atoms with E-state index in [2.05, 4.69) is 44.8 Å². The van der Waals surface area contributed by atoms with Crippen molar-refractivity contribution in [1.29, 1.82) is 0 Å². The van der Waals surface area contributed by atoms with Gasteiger partial charge in [0.2, 0.25) is 0 Å². The molecule has 5 nitrogen and oxygen atoms in total. The van der Waals surface area contributed by atoms with Gasteiger partial charge in [-0.1, -0.05) is 48.5 Å². The topological polar surface area (TPSA) is 57.3 Å². The summed E-state index contributed by atoms with van der Waals surface area (Å²) < 4.78 is 0. The van der Waals surface area contributed by atoms with Crippen molar-refractivity contribution in [3.63, 3.8) is 0 Å². The third kappa shape index (κ3) is 5.99. The first kappa shape index (κ1) is 23.8. The zero-order valence-corrected chi connectivity index (χ0v) is 20.7. The maximum atomic E-state index is 13.0. The molecule has 0 aliphatic carbocycles. The molecule has 5 heteroatoms. The zero-order chi connectivity index (χ0) is 24.7. The monoisotopic (exact) mass is 476 g/mol. The Morgan fingerprint density at radius 1 is 0.889 bits per heavy atom. The fraction of sp³-hybridized carbons (Fsp3) is 0.226. The van der Waals surface area contributed by atoms with Crippen molar-refractivity contribution in [3.8, 4) is 11.1 Å². The van der Waals surface area contributed by atoms with Crippen molar-refractivity contribution in [1.82, 2.24) is 9.88 Å². The summed E-state index contributed by atoms with van der Waals surface area (Å²) in [6.07, 6.45) is 5.47. The van der Waals surface area contributed by atoms with Crippen LogP contribution >= 0.6 is 0 Å². The summed E-state index contributed by atoms with van der Waals surface area (Å²) in [5.74, 6) is 0.607. The molecule has 1 aromatic heterocycles. The van der Waals surface area contributed by atoms with Crippen LogP contribution in [0.2, 0.25) is 0 Å². The number of hydrogen-bond donors (Lipinski definition) is 2. The van der Waals surface area contributed by atoms with Crippen LogP contribution in [0.3, 0.4) is 0 Å². The molecule has 5 rings (SSSR count). The third-order valence-electron chi connectivity index (χ3n) is 6.76. The average molecular weight is 477 g/mol. The van der Waals surface area contributed by atoms with Gasteiger partial charge in [0.05, 0.1) is 0 Å². The number of benzene rings is 3. The van der Waals surface area contributed by atoms with Gasteiger partial charge in [0.25, 0.3) is 5.91 Å². The smallest absolute Gasteiger partial charge is 0.255 e. The van der Waals surface area contributed by atoms with E-state index < -0.39 is 0 Å². The molecular weight excluding hydrogens is 444 g/mol. The number of nitrogens with one attached hydrogen (secondary N) is 2. The summed E-state index contributed by atoms with van der Waals surface area (Å²) in [6.45, 7) is 5.56. The maximum absolute atomic E-state index is 13.0. The summed E-state index contributed by atoms with van der Waals surface area (Å²) in [5, 5.41) is 6.42. The molecule has 0 spiro atoms. The number of aryl methyl sites for hydroxylation is 1. The van der Waals surface area contributed by atoms with Gasteiger partial charge in [-0.05, 0) is 97.9 Å². The minimum Gasteiger partial charge on any atom is -0.340 e. The Balaban J connectivity index is 1.24. The molecule has 3 aromatic carbocycles. The molecule has 1 saturated heterocycles.